The first-order chi connectivity index (χ1) is 9.83. The van der Waals surface area contributed by atoms with E-state index in [2.05, 4.69) is 9.82 Å². The Hall–Kier alpha value is -2.02. The number of nitrogens with one attached hydrogen (secondary N) is 1. The van der Waals surface area contributed by atoms with Gasteiger partial charge in [0.2, 0.25) is 0 Å². The maximum absolute atomic E-state index is 12.4. The monoisotopic (exact) mass is 308 g/mol. The number of nitrogen functional groups attached to an aromatic ring is 1. The molecule has 2 rings (SSSR count). The molecule has 0 fully saturated rings. The highest BCUT2D eigenvalue weighted by molar-refractivity contribution is 7.92. The Kier molecular flexibility index (Phi) is 4.22. The molecule has 0 aliphatic heterocycles. The van der Waals surface area contributed by atoms with Gasteiger partial charge in [-0.15, -0.1) is 0 Å². The number of anilines is 2. The molecular formula is C14H20N4O2S. The van der Waals surface area contributed by atoms with Crippen molar-refractivity contribution in [1.82, 2.24) is 9.78 Å². The molecular weight excluding hydrogens is 288 g/mol. The zero-order valence-corrected chi connectivity index (χ0v) is 13.2. The van der Waals surface area contributed by atoms with Gasteiger partial charge in [0.1, 0.15) is 4.90 Å². The molecule has 1 aromatic heterocycles. The molecule has 0 spiro atoms. The van der Waals surface area contributed by atoms with Gasteiger partial charge in [0.25, 0.3) is 10.0 Å². The van der Waals surface area contributed by atoms with Crippen LogP contribution in [0.4, 0.5) is 11.5 Å². The molecule has 0 saturated heterocycles. The van der Waals surface area contributed by atoms with Crippen LogP contribution >= 0.6 is 0 Å². The van der Waals surface area contributed by atoms with Crippen LogP contribution in [0.25, 0.3) is 0 Å². The Morgan fingerprint density at radius 1 is 1.29 bits per heavy atom. The van der Waals surface area contributed by atoms with Crippen molar-refractivity contribution in [3.8, 4) is 0 Å². The highest BCUT2D eigenvalue weighted by atomic mass is 32.2. The van der Waals surface area contributed by atoms with Crippen molar-refractivity contribution < 1.29 is 8.42 Å². The van der Waals surface area contributed by atoms with Crippen LogP contribution in [0.1, 0.15) is 24.5 Å². The van der Waals surface area contributed by atoms with Crippen molar-refractivity contribution in [2.75, 3.05) is 10.5 Å². The van der Waals surface area contributed by atoms with Gasteiger partial charge in [0, 0.05) is 18.4 Å². The van der Waals surface area contributed by atoms with E-state index >= 15 is 0 Å². The van der Waals surface area contributed by atoms with E-state index in [0.717, 1.165) is 17.5 Å². The normalized spacial score (nSPS) is 11.6. The van der Waals surface area contributed by atoms with Crippen LogP contribution in [0.2, 0.25) is 0 Å². The number of aromatic nitrogens is 2. The summed E-state index contributed by atoms with van der Waals surface area (Å²) < 4.78 is 28.9. The number of nitrogens with two attached hydrogens (primary N) is 1. The van der Waals surface area contributed by atoms with Gasteiger partial charge in [-0.1, -0.05) is 13.0 Å². The van der Waals surface area contributed by atoms with Gasteiger partial charge in [-0.2, -0.15) is 5.10 Å². The van der Waals surface area contributed by atoms with Crippen LogP contribution in [0, 0.1) is 13.8 Å². The highest BCUT2D eigenvalue weighted by Gasteiger charge is 2.21. The molecule has 0 saturated carbocycles. The fraction of sp³-hybridized carbons (Fsp3) is 0.357. The molecule has 0 aliphatic carbocycles. The number of hydrogen-bond acceptors (Lipinski definition) is 4. The first-order valence-corrected chi connectivity index (χ1v) is 8.25. The van der Waals surface area contributed by atoms with Crippen molar-refractivity contribution in [3.63, 3.8) is 0 Å². The molecule has 2 aromatic rings. The van der Waals surface area contributed by atoms with E-state index in [-0.39, 0.29) is 10.7 Å². The summed E-state index contributed by atoms with van der Waals surface area (Å²) in [6.07, 6.45) is 2.31. The van der Waals surface area contributed by atoms with E-state index in [4.69, 9.17) is 5.73 Å². The molecule has 3 N–H and O–H groups in total. The molecule has 21 heavy (non-hydrogen) atoms. The summed E-state index contributed by atoms with van der Waals surface area (Å²) in [6.45, 7) is 6.52. The van der Waals surface area contributed by atoms with E-state index in [1.165, 1.54) is 6.20 Å². The summed E-state index contributed by atoms with van der Waals surface area (Å²) >= 11 is 0. The first-order valence-electron chi connectivity index (χ1n) is 6.76. The van der Waals surface area contributed by atoms with E-state index in [1.54, 1.807) is 16.8 Å². The second-order valence-corrected chi connectivity index (χ2v) is 6.70. The van der Waals surface area contributed by atoms with Crippen LogP contribution in [-0.2, 0) is 16.6 Å². The van der Waals surface area contributed by atoms with Gasteiger partial charge in [-0.05, 0) is 43.5 Å². The van der Waals surface area contributed by atoms with Crippen molar-refractivity contribution in [2.45, 2.75) is 38.6 Å². The fourth-order valence-corrected chi connectivity index (χ4v) is 3.11. The molecule has 1 heterocycles. The van der Waals surface area contributed by atoms with Crippen molar-refractivity contribution in [3.05, 3.63) is 35.5 Å². The third kappa shape index (κ3) is 3.36. The summed E-state index contributed by atoms with van der Waals surface area (Å²) in [5.41, 5.74) is 8.35. The Morgan fingerprint density at radius 3 is 2.62 bits per heavy atom. The third-order valence-electron chi connectivity index (χ3n) is 3.26. The molecule has 0 unspecified atom stereocenters. The number of rotatable bonds is 5. The Morgan fingerprint density at radius 2 is 2.00 bits per heavy atom. The van der Waals surface area contributed by atoms with E-state index < -0.39 is 10.0 Å². The number of hydrogen-bond donors (Lipinski definition) is 2. The van der Waals surface area contributed by atoms with Crippen LogP contribution in [0.3, 0.4) is 0 Å². The predicted molar refractivity (Wildman–Crippen MR) is 83.7 cm³/mol. The van der Waals surface area contributed by atoms with E-state index in [0.29, 0.717) is 12.2 Å². The summed E-state index contributed by atoms with van der Waals surface area (Å²) in [5, 5.41) is 4.02. The molecule has 0 bridgehead atoms. The van der Waals surface area contributed by atoms with E-state index in [9.17, 15) is 8.42 Å². The van der Waals surface area contributed by atoms with Gasteiger partial charge in [0.05, 0.1) is 0 Å². The average molecular weight is 308 g/mol. The summed E-state index contributed by atoms with van der Waals surface area (Å²) in [4.78, 5) is 0.00850. The lowest BCUT2D eigenvalue weighted by molar-refractivity contribution is 0.595. The third-order valence-corrected chi connectivity index (χ3v) is 4.65. The smallest absolute Gasteiger partial charge is 0.267 e. The highest BCUT2D eigenvalue weighted by Crippen LogP contribution is 2.22. The minimum absolute atomic E-state index is 0.00850. The lowest BCUT2D eigenvalue weighted by Gasteiger charge is -2.08. The SMILES string of the molecule is CCCn1cc(S(=O)(=O)Nc2ccc(C)c(C)c2)c(N)n1. The first kappa shape index (κ1) is 15.4. The second-order valence-electron chi connectivity index (χ2n) is 5.05. The average Bonchev–Trinajstić information content (AvgIpc) is 2.76. The number of sulfonamides is 1. The van der Waals surface area contributed by atoms with Crippen LogP contribution in [-0.4, -0.2) is 18.2 Å². The Labute approximate surface area is 125 Å². The Balaban J connectivity index is 2.31. The van der Waals surface area contributed by atoms with Gasteiger partial charge < -0.3 is 5.73 Å². The number of nitrogens with zero attached hydrogens (tertiary/aromatic N) is 2. The van der Waals surface area contributed by atoms with Crippen molar-refractivity contribution >= 4 is 21.5 Å². The lowest BCUT2D eigenvalue weighted by Crippen LogP contribution is -2.14. The van der Waals surface area contributed by atoms with Gasteiger partial charge in [-0.25, -0.2) is 8.42 Å². The lowest BCUT2D eigenvalue weighted by atomic mass is 10.1. The molecule has 0 aliphatic rings. The van der Waals surface area contributed by atoms with Crippen molar-refractivity contribution in [1.29, 1.82) is 0 Å². The zero-order valence-electron chi connectivity index (χ0n) is 12.4. The van der Waals surface area contributed by atoms with Gasteiger partial charge in [-0.3, -0.25) is 9.40 Å². The maximum atomic E-state index is 12.4. The molecule has 6 nitrogen and oxygen atoms in total. The minimum Gasteiger partial charge on any atom is -0.381 e. The molecule has 1 aromatic carbocycles. The standard InChI is InChI=1S/C14H20N4O2S/c1-4-7-18-9-13(14(15)16-18)21(19,20)17-12-6-5-10(2)11(3)8-12/h5-6,8-9,17H,4,7H2,1-3H3,(H2,15,16). The molecule has 114 valence electrons. The predicted octanol–water partition coefficient (Wildman–Crippen LogP) is 2.29. The van der Waals surface area contributed by atoms with E-state index in [1.807, 2.05) is 26.8 Å². The molecule has 7 heteroatoms. The summed E-state index contributed by atoms with van der Waals surface area (Å²) in [6, 6.07) is 5.39. The molecule has 0 atom stereocenters. The quantitative estimate of drug-likeness (QED) is 0.886. The molecule has 0 amide bonds. The minimum atomic E-state index is -3.73. The number of benzene rings is 1. The second kappa shape index (κ2) is 5.77. The number of aryl methyl sites for hydroxylation is 3. The van der Waals surface area contributed by atoms with Crippen molar-refractivity contribution in [2.24, 2.45) is 0 Å². The van der Waals surface area contributed by atoms with Crippen LogP contribution < -0.4 is 10.5 Å². The summed E-state index contributed by atoms with van der Waals surface area (Å²) in [5.74, 6) is 0.0137. The fourth-order valence-electron chi connectivity index (χ4n) is 1.98. The Bertz CT molecular complexity index is 750. The topological polar surface area (TPSA) is 90.0 Å². The maximum Gasteiger partial charge on any atom is 0.267 e. The van der Waals surface area contributed by atoms with Gasteiger partial charge >= 0.3 is 0 Å². The van der Waals surface area contributed by atoms with Gasteiger partial charge in [0.15, 0.2) is 5.82 Å². The summed E-state index contributed by atoms with van der Waals surface area (Å²) in [7, 11) is -3.73. The van der Waals surface area contributed by atoms with Crippen LogP contribution in [0.15, 0.2) is 29.3 Å². The van der Waals surface area contributed by atoms with Crippen LogP contribution in [0.5, 0.6) is 0 Å². The zero-order chi connectivity index (χ0) is 15.6. The largest absolute Gasteiger partial charge is 0.381 e. The molecule has 0 radical (unpaired) electrons.